The van der Waals surface area contributed by atoms with Crippen LogP contribution in [0.25, 0.3) is 0 Å². The summed E-state index contributed by atoms with van der Waals surface area (Å²) in [5.74, 6) is 0.0810. The van der Waals surface area contributed by atoms with Crippen molar-refractivity contribution in [3.8, 4) is 5.75 Å². The Bertz CT molecular complexity index is 571. The first kappa shape index (κ1) is 15.1. The molecule has 2 rings (SSSR count). The summed E-state index contributed by atoms with van der Waals surface area (Å²) < 4.78 is 13.9. The van der Waals surface area contributed by atoms with E-state index in [1.165, 1.54) is 17.7 Å². The molecule has 2 aromatic rings. The van der Waals surface area contributed by atoms with Crippen molar-refractivity contribution in [3.63, 3.8) is 0 Å². The third-order valence-electron chi connectivity index (χ3n) is 3.14. The molecule has 0 aliphatic heterocycles. The minimum atomic E-state index is -0.211. The lowest BCUT2D eigenvalue weighted by molar-refractivity contribution is 0.475. The van der Waals surface area contributed by atoms with Crippen molar-refractivity contribution in [1.29, 1.82) is 0 Å². The summed E-state index contributed by atoms with van der Waals surface area (Å²) in [5, 5.41) is 12.6. The fourth-order valence-electron chi connectivity index (χ4n) is 1.99. The molecule has 0 aromatic heterocycles. The van der Waals surface area contributed by atoms with Crippen LogP contribution in [0.5, 0.6) is 5.75 Å². The molecule has 4 heteroatoms. The SMILES string of the molecule is CC(CCc1ccc(O)cc1)Nc1ccc(F)cc1I. The Hall–Kier alpha value is -1.30. The maximum Gasteiger partial charge on any atom is 0.124 e. The maximum atomic E-state index is 13.0. The highest BCUT2D eigenvalue weighted by molar-refractivity contribution is 14.1. The molecule has 0 aliphatic rings. The van der Waals surface area contributed by atoms with Gasteiger partial charge in [-0.3, -0.25) is 0 Å². The summed E-state index contributed by atoms with van der Waals surface area (Å²) in [4.78, 5) is 0. The highest BCUT2D eigenvalue weighted by Crippen LogP contribution is 2.21. The van der Waals surface area contributed by atoms with Crippen LogP contribution in [-0.2, 0) is 6.42 Å². The number of aryl methyl sites for hydroxylation is 1. The Morgan fingerprint density at radius 1 is 1.20 bits per heavy atom. The molecule has 0 amide bonds. The molecule has 0 heterocycles. The molecule has 2 nitrogen and oxygen atoms in total. The average molecular weight is 385 g/mol. The first-order valence-electron chi connectivity index (χ1n) is 6.54. The van der Waals surface area contributed by atoms with Gasteiger partial charge in [-0.15, -0.1) is 0 Å². The number of hydrogen-bond acceptors (Lipinski definition) is 2. The minimum absolute atomic E-state index is 0.211. The Morgan fingerprint density at radius 3 is 2.55 bits per heavy atom. The monoisotopic (exact) mass is 385 g/mol. The van der Waals surface area contributed by atoms with Gasteiger partial charge in [-0.1, -0.05) is 12.1 Å². The molecule has 0 spiro atoms. The van der Waals surface area contributed by atoms with Crippen molar-refractivity contribution in [1.82, 2.24) is 0 Å². The van der Waals surface area contributed by atoms with Crippen molar-refractivity contribution >= 4 is 28.3 Å². The molecule has 0 saturated carbocycles. The fourth-order valence-corrected chi connectivity index (χ4v) is 2.62. The van der Waals surface area contributed by atoms with Gasteiger partial charge in [0.05, 0.1) is 0 Å². The number of phenols is 1. The van der Waals surface area contributed by atoms with Crippen molar-refractivity contribution in [2.45, 2.75) is 25.8 Å². The first-order valence-corrected chi connectivity index (χ1v) is 7.62. The summed E-state index contributed by atoms with van der Waals surface area (Å²) in [7, 11) is 0. The Balaban J connectivity index is 1.89. The van der Waals surface area contributed by atoms with Crippen molar-refractivity contribution in [3.05, 3.63) is 57.4 Å². The normalized spacial score (nSPS) is 12.2. The fraction of sp³-hybridized carbons (Fsp3) is 0.250. The van der Waals surface area contributed by atoms with E-state index in [-0.39, 0.29) is 5.82 Å². The summed E-state index contributed by atoms with van der Waals surface area (Å²) in [6.45, 7) is 2.11. The van der Waals surface area contributed by atoms with Crippen LogP contribution in [0.2, 0.25) is 0 Å². The Labute approximate surface area is 132 Å². The third-order valence-corrected chi connectivity index (χ3v) is 4.03. The quantitative estimate of drug-likeness (QED) is 0.740. The molecule has 20 heavy (non-hydrogen) atoms. The van der Waals surface area contributed by atoms with E-state index in [1.54, 1.807) is 18.2 Å². The molecule has 0 bridgehead atoms. The number of phenolic OH excluding ortho intramolecular Hbond substituents is 1. The number of halogens is 2. The number of anilines is 1. The van der Waals surface area contributed by atoms with Gasteiger partial charge < -0.3 is 10.4 Å². The largest absolute Gasteiger partial charge is 0.508 e. The zero-order valence-corrected chi connectivity index (χ0v) is 13.4. The molecule has 0 fully saturated rings. The van der Waals surface area contributed by atoms with E-state index in [9.17, 15) is 9.50 Å². The summed E-state index contributed by atoms with van der Waals surface area (Å²) in [6.07, 6.45) is 1.91. The lowest BCUT2D eigenvalue weighted by Gasteiger charge is -2.16. The molecule has 2 aromatic carbocycles. The van der Waals surface area contributed by atoms with Crippen LogP contribution >= 0.6 is 22.6 Å². The average Bonchev–Trinajstić information content (AvgIpc) is 2.41. The second-order valence-corrected chi connectivity index (χ2v) is 6.04. The van der Waals surface area contributed by atoms with E-state index >= 15 is 0 Å². The smallest absolute Gasteiger partial charge is 0.124 e. The Kier molecular flexibility index (Phi) is 5.23. The van der Waals surface area contributed by atoms with Crippen LogP contribution in [0, 0.1) is 9.39 Å². The zero-order valence-electron chi connectivity index (χ0n) is 11.2. The minimum Gasteiger partial charge on any atom is -0.508 e. The number of benzene rings is 2. The van der Waals surface area contributed by atoms with Gasteiger partial charge >= 0.3 is 0 Å². The van der Waals surface area contributed by atoms with Crippen LogP contribution < -0.4 is 5.32 Å². The second-order valence-electron chi connectivity index (χ2n) is 4.87. The predicted octanol–water partition coefficient (Wildman–Crippen LogP) is 4.57. The van der Waals surface area contributed by atoms with E-state index in [1.807, 2.05) is 12.1 Å². The molecular formula is C16H17FINO. The van der Waals surface area contributed by atoms with Crippen molar-refractivity contribution in [2.75, 3.05) is 5.32 Å². The van der Waals surface area contributed by atoms with Crippen LogP contribution in [0.4, 0.5) is 10.1 Å². The van der Waals surface area contributed by atoms with Gasteiger partial charge in [-0.2, -0.15) is 0 Å². The molecule has 0 saturated heterocycles. The second kappa shape index (κ2) is 6.92. The Morgan fingerprint density at radius 2 is 1.90 bits per heavy atom. The maximum absolute atomic E-state index is 13.0. The molecule has 0 radical (unpaired) electrons. The molecule has 0 aliphatic carbocycles. The van der Waals surface area contributed by atoms with E-state index in [4.69, 9.17) is 0 Å². The molecule has 1 atom stereocenters. The van der Waals surface area contributed by atoms with Crippen molar-refractivity contribution in [2.24, 2.45) is 0 Å². The summed E-state index contributed by atoms with van der Waals surface area (Å²) in [6, 6.07) is 12.3. The van der Waals surface area contributed by atoms with E-state index < -0.39 is 0 Å². The molecule has 106 valence electrons. The summed E-state index contributed by atoms with van der Waals surface area (Å²) >= 11 is 2.13. The van der Waals surface area contributed by atoms with Gasteiger partial charge in [0.1, 0.15) is 11.6 Å². The lowest BCUT2D eigenvalue weighted by atomic mass is 10.1. The molecular weight excluding hydrogens is 368 g/mol. The number of aromatic hydroxyl groups is 1. The van der Waals surface area contributed by atoms with Crippen LogP contribution in [0.1, 0.15) is 18.9 Å². The van der Waals surface area contributed by atoms with Gasteiger partial charge in [0.15, 0.2) is 0 Å². The highest BCUT2D eigenvalue weighted by atomic mass is 127. The van der Waals surface area contributed by atoms with E-state index in [0.717, 1.165) is 22.1 Å². The first-order chi connectivity index (χ1) is 9.54. The van der Waals surface area contributed by atoms with Gasteiger partial charge in [0.2, 0.25) is 0 Å². The van der Waals surface area contributed by atoms with Crippen LogP contribution in [-0.4, -0.2) is 11.1 Å². The van der Waals surface area contributed by atoms with Crippen molar-refractivity contribution < 1.29 is 9.50 Å². The number of hydrogen-bond donors (Lipinski definition) is 2. The topological polar surface area (TPSA) is 32.3 Å². The standard InChI is InChI=1S/C16H17FINO/c1-11(2-3-12-4-7-14(20)8-5-12)19-16-9-6-13(17)10-15(16)18/h4-11,19-20H,2-3H2,1H3. The van der Waals surface area contributed by atoms with Crippen LogP contribution in [0.3, 0.4) is 0 Å². The molecule has 2 N–H and O–H groups in total. The van der Waals surface area contributed by atoms with Crippen LogP contribution in [0.15, 0.2) is 42.5 Å². The molecule has 1 unspecified atom stereocenters. The van der Waals surface area contributed by atoms with Gasteiger partial charge in [0.25, 0.3) is 0 Å². The van der Waals surface area contributed by atoms with E-state index in [2.05, 4.69) is 34.8 Å². The summed E-state index contributed by atoms with van der Waals surface area (Å²) in [5.41, 5.74) is 2.16. The lowest BCUT2D eigenvalue weighted by Crippen LogP contribution is -2.16. The third kappa shape index (κ3) is 4.37. The zero-order chi connectivity index (χ0) is 14.5. The predicted molar refractivity (Wildman–Crippen MR) is 88.6 cm³/mol. The number of rotatable bonds is 5. The highest BCUT2D eigenvalue weighted by Gasteiger charge is 2.06. The van der Waals surface area contributed by atoms with Gasteiger partial charge in [-0.25, -0.2) is 4.39 Å². The van der Waals surface area contributed by atoms with E-state index in [0.29, 0.717) is 11.8 Å². The van der Waals surface area contributed by atoms with Gasteiger partial charge in [0, 0.05) is 15.3 Å². The number of nitrogens with one attached hydrogen (secondary N) is 1. The van der Waals surface area contributed by atoms with Gasteiger partial charge in [-0.05, 0) is 78.3 Å².